The minimum Gasteiger partial charge on any atom is -0.467 e. The Bertz CT molecular complexity index is 1380. The van der Waals surface area contributed by atoms with Crippen molar-refractivity contribution < 1.29 is 9.21 Å². The standard InChI is InChI=1S/C25H18N4O2S/c26-12-13-28-16-18(21-10-4-5-11-22(21)28)15-23-24(30)29(17-20-9-6-14-31-20)25(32-23)27-19-7-2-1-3-8-19/h1-11,14-16H,13,17H2/b23-15-,27-25?. The van der Waals surface area contributed by atoms with Gasteiger partial charge in [0.1, 0.15) is 12.3 Å². The Morgan fingerprint density at radius 2 is 1.88 bits per heavy atom. The van der Waals surface area contributed by atoms with Gasteiger partial charge in [-0.3, -0.25) is 9.69 Å². The Balaban J connectivity index is 1.56. The molecule has 1 aliphatic rings. The van der Waals surface area contributed by atoms with Gasteiger partial charge in [0.25, 0.3) is 5.91 Å². The van der Waals surface area contributed by atoms with Crippen LogP contribution in [0.1, 0.15) is 11.3 Å². The van der Waals surface area contributed by atoms with Gasteiger partial charge in [0.05, 0.1) is 29.5 Å². The Kier molecular flexibility index (Phi) is 5.36. The molecule has 32 heavy (non-hydrogen) atoms. The fraction of sp³-hybridized carbons (Fsp3) is 0.0800. The van der Waals surface area contributed by atoms with Crippen LogP contribution in [0.4, 0.5) is 5.69 Å². The van der Waals surface area contributed by atoms with Gasteiger partial charge in [0.2, 0.25) is 0 Å². The van der Waals surface area contributed by atoms with E-state index < -0.39 is 0 Å². The van der Waals surface area contributed by atoms with Crippen molar-refractivity contribution in [3.05, 3.63) is 95.4 Å². The molecule has 1 fully saturated rings. The lowest BCUT2D eigenvalue weighted by Crippen LogP contribution is -2.28. The van der Waals surface area contributed by atoms with Crippen LogP contribution in [0.3, 0.4) is 0 Å². The van der Waals surface area contributed by atoms with Crippen LogP contribution in [0.25, 0.3) is 17.0 Å². The predicted octanol–water partition coefficient (Wildman–Crippen LogP) is 5.56. The molecule has 156 valence electrons. The summed E-state index contributed by atoms with van der Waals surface area (Å²) in [4.78, 5) is 20.3. The second-order valence-corrected chi connectivity index (χ2v) is 8.21. The summed E-state index contributed by atoms with van der Waals surface area (Å²) < 4.78 is 7.37. The third kappa shape index (κ3) is 3.84. The number of carbonyl (C=O) groups is 1. The number of aliphatic imine (C=N–C) groups is 1. The van der Waals surface area contributed by atoms with Gasteiger partial charge in [-0.2, -0.15) is 5.26 Å². The first-order chi connectivity index (χ1) is 15.7. The number of para-hydroxylation sites is 2. The summed E-state index contributed by atoms with van der Waals surface area (Å²) in [5.74, 6) is 0.560. The molecular weight excluding hydrogens is 420 g/mol. The molecule has 0 aliphatic carbocycles. The molecule has 1 aliphatic heterocycles. The van der Waals surface area contributed by atoms with Crippen LogP contribution in [-0.4, -0.2) is 20.5 Å². The maximum absolute atomic E-state index is 13.4. The van der Waals surface area contributed by atoms with E-state index in [1.807, 2.05) is 77.5 Å². The van der Waals surface area contributed by atoms with Crippen LogP contribution < -0.4 is 0 Å². The molecule has 2 aromatic heterocycles. The number of aromatic nitrogens is 1. The number of nitriles is 1. The molecule has 0 radical (unpaired) electrons. The lowest BCUT2D eigenvalue weighted by molar-refractivity contribution is -0.122. The minimum atomic E-state index is -0.127. The van der Waals surface area contributed by atoms with Crippen molar-refractivity contribution in [3.63, 3.8) is 0 Å². The van der Waals surface area contributed by atoms with Crippen molar-refractivity contribution in [3.8, 4) is 6.07 Å². The first-order valence-corrected chi connectivity index (χ1v) is 10.9. The number of fused-ring (bicyclic) bond motifs is 1. The summed E-state index contributed by atoms with van der Waals surface area (Å²) in [5, 5.41) is 10.8. The molecule has 2 aromatic carbocycles. The third-order valence-electron chi connectivity index (χ3n) is 5.11. The van der Waals surface area contributed by atoms with Crippen LogP contribution in [-0.2, 0) is 17.9 Å². The number of hydrogen-bond donors (Lipinski definition) is 0. The second-order valence-electron chi connectivity index (χ2n) is 7.20. The molecule has 1 amide bonds. The zero-order chi connectivity index (χ0) is 21.9. The van der Waals surface area contributed by atoms with Gasteiger partial charge < -0.3 is 8.98 Å². The number of nitrogens with zero attached hydrogens (tertiary/aromatic N) is 4. The molecule has 4 aromatic rings. The first kappa shape index (κ1) is 19.9. The van der Waals surface area contributed by atoms with E-state index in [-0.39, 0.29) is 12.5 Å². The lowest BCUT2D eigenvalue weighted by atomic mass is 10.1. The van der Waals surface area contributed by atoms with E-state index in [2.05, 4.69) is 6.07 Å². The topological polar surface area (TPSA) is 74.5 Å². The van der Waals surface area contributed by atoms with E-state index in [0.717, 1.165) is 22.2 Å². The first-order valence-electron chi connectivity index (χ1n) is 10.1. The molecule has 0 N–H and O–H groups in total. The summed E-state index contributed by atoms with van der Waals surface area (Å²) >= 11 is 1.34. The zero-order valence-corrected chi connectivity index (χ0v) is 17.8. The molecule has 0 atom stereocenters. The van der Waals surface area contributed by atoms with E-state index in [0.29, 0.717) is 22.4 Å². The van der Waals surface area contributed by atoms with E-state index >= 15 is 0 Å². The molecule has 0 saturated carbocycles. The average molecular weight is 439 g/mol. The molecule has 3 heterocycles. The van der Waals surface area contributed by atoms with Crippen molar-refractivity contribution in [2.45, 2.75) is 13.1 Å². The van der Waals surface area contributed by atoms with E-state index in [4.69, 9.17) is 9.41 Å². The van der Waals surface area contributed by atoms with Crippen molar-refractivity contribution in [1.29, 1.82) is 5.26 Å². The summed E-state index contributed by atoms with van der Waals surface area (Å²) in [6.45, 7) is 0.550. The number of amides is 1. The third-order valence-corrected chi connectivity index (χ3v) is 6.12. The summed E-state index contributed by atoms with van der Waals surface area (Å²) in [6, 6.07) is 23.3. The Morgan fingerprint density at radius 1 is 1.06 bits per heavy atom. The van der Waals surface area contributed by atoms with Crippen molar-refractivity contribution in [2.75, 3.05) is 0 Å². The molecule has 0 unspecified atom stereocenters. The molecule has 1 saturated heterocycles. The van der Waals surface area contributed by atoms with E-state index in [1.54, 1.807) is 17.2 Å². The number of benzene rings is 2. The van der Waals surface area contributed by atoms with Crippen molar-refractivity contribution in [2.24, 2.45) is 4.99 Å². The average Bonchev–Trinajstić information content (AvgIpc) is 3.52. The second kappa shape index (κ2) is 8.61. The fourth-order valence-electron chi connectivity index (χ4n) is 3.64. The smallest absolute Gasteiger partial charge is 0.267 e. The number of rotatable bonds is 5. The van der Waals surface area contributed by atoms with E-state index in [1.165, 1.54) is 11.8 Å². The normalized spacial score (nSPS) is 16.3. The van der Waals surface area contributed by atoms with Gasteiger partial charge in [-0.05, 0) is 48.2 Å². The molecular formula is C25H18N4O2S. The maximum atomic E-state index is 13.4. The highest BCUT2D eigenvalue weighted by Gasteiger charge is 2.34. The molecule has 0 bridgehead atoms. The van der Waals surface area contributed by atoms with Gasteiger partial charge in [-0.15, -0.1) is 0 Å². The van der Waals surface area contributed by atoms with Gasteiger partial charge in [0.15, 0.2) is 5.17 Å². The zero-order valence-electron chi connectivity index (χ0n) is 17.0. The van der Waals surface area contributed by atoms with Crippen LogP contribution >= 0.6 is 11.8 Å². The van der Waals surface area contributed by atoms with Gasteiger partial charge in [0, 0.05) is 22.7 Å². The SMILES string of the molecule is N#CCn1cc(/C=C2\SC(=Nc3ccccc3)N(Cc3ccco3)C2=O)c2ccccc21. The highest BCUT2D eigenvalue weighted by Crippen LogP contribution is 2.36. The lowest BCUT2D eigenvalue weighted by Gasteiger charge is -2.13. The van der Waals surface area contributed by atoms with Crippen LogP contribution in [0.5, 0.6) is 0 Å². The van der Waals surface area contributed by atoms with Gasteiger partial charge >= 0.3 is 0 Å². The molecule has 7 heteroatoms. The minimum absolute atomic E-state index is 0.127. The molecule has 5 rings (SSSR count). The van der Waals surface area contributed by atoms with Crippen LogP contribution in [0, 0.1) is 11.3 Å². The predicted molar refractivity (Wildman–Crippen MR) is 126 cm³/mol. The quantitative estimate of drug-likeness (QED) is 0.382. The Labute approximate surface area is 189 Å². The van der Waals surface area contributed by atoms with Crippen molar-refractivity contribution >= 4 is 45.5 Å². The van der Waals surface area contributed by atoms with Crippen LogP contribution in [0.2, 0.25) is 0 Å². The van der Waals surface area contributed by atoms with Gasteiger partial charge in [-0.1, -0.05) is 36.4 Å². The number of amidine groups is 1. The number of carbonyl (C=O) groups excluding carboxylic acids is 1. The van der Waals surface area contributed by atoms with E-state index in [9.17, 15) is 10.1 Å². The van der Waals surface area contributed by atoms with Crippen molar-refractivity contribution in [1.82, 2.24) is 9.47 Å². The summed E-state index contributed by atoms with van der Waals surface area (Å²) in [6.07, 6.45) is 5.39. The van der Waals surface area contributed by atoms with Gasteiger partial charge in [-0.25, -0.2) is 4.99 Å². The Morgan fingerprint density at radius 3 is 2.66 bits per heavy atom. The summed E-state index contributed by atoms with van der Waals surface area (Å²) in [7, 11) is 0. The number of furan rings is 1. The Hall–Kier alpha value is -4.02. The highest BCUT2D eigenvalue weighted by atomic mass is 32.2. The highest BCUT2D eigenvalue weighted by molar-refractivity contribution is 8.18. The van der Waals surface area contributed by atoms with Crippen LogP contribution in [0.15, 0.2) is 93.5 Å². The number of thioether (sulfide) groups is 1. The maximum Gasteiger partial charge on any atom is 0.267 e. The fourth-order valence-corrected chi connectivity index (χ4v) is 4.63. The molecule has 0 spiro atoms. The monoisotopic (exact) mass is 438 g/mol. The summed E-state index contributed by atoms with van der Waals surface area (Å²) in [5.41, 5.74) is 2.63. The largest absolute Gasteiger partial charge is 0.467 e. The number of hydrogen-bond acceptors (Lipinski definition) is 5. The molecule has 6 nitrogen and oxygen atoms in total.